The molecule has 0 unspecified atom stereocenters. The van der Waals surface area contributed by atoms with E-state index in [4.69, 9.17) is 21.1 Å². The van der Waals surface area contributed by atoms with E-state index < -0.39 is 0 Å². The molecule has 0 radical (unpaired) electrons. The van der Waals surface area contributed by atoms with Crippen LogP contribution in [0.15, 0.2) is 18.3 Å². The van der Waals surface area contributed by atoms with Crippen molar-refractivity contribution in [1.29, 1.82) is 0 Å². The first-order chi connectivity index (χ1) is 9.22. The second kappa shape index (κ2) is 5.27. The number of nitrogens with zero attached hydrogens (tertiary/aromatic N) is 1. The minimum atomic E-state index is 0.565. The maximum Gasteiger partial charge on any atom is 0.183 e. The summed E-state index contributed by atoms with van der Waals surface area (Å²) in [5.74, 6) is 1.61. The molecule has 100 valence electrons. The van der Waals surface area contributed by atoms with Crippen LogP contribution in [0.4, 0.5) is 5.69 Å². The minimum absolute atomic E-state index is 0.565. The van der Waals surface area contributed by atoms with Crippen molar-refractivity contribution < 1.29 is 9.47 Å². The van der Waals surface area contributed by atoms with Gasteiger partial charge in [-0.1, -0.05) is 11.6 Å². The summed E-state index contributed by atoms with van der Waals surface area (Å²) in [6, 6.07) is 3.98. The highest BCUT2D eigenvalue weighted by molar-refractivity contribution is 7.15. The molecule has 4 nitrogen and oxygen atoms in total. The van der Waals surface area contributed by atoms with E-state index in [9.17, 15) is 0 Å². The van der Waals surface area contributed by atoms with Crippen molar-refractivity contribution in [2.75, 3.05) is 18.5 Å². The maximum absolute atomic E-state index is 5.81. The van der Waals surface area contributed by atoms with Gasteiger partial charge in [0, 0.05) is 22.8 Å². The average Bonchev–Trinajstić information content (AvgIpc) is 2.82. The van der Waals surface area contributed by atoms with Gasteiger partial charge in [0.1, 0.15) is 13.2 Å². The van der Waals surface area contributed by atoms with Gasteiger partial charge in [-0.3, -0.25) is 0 Å². The summed E-state index contributed by atoms with van der Waals surface area (Å²) < 4.78 is 11.7. The molecule has 2 aromatic rings. The van der Waals surface area contributed by atoms with Gasteiger partial charge in [0.25, 0.3) is 0 Å². The Hall–Kier alpha value is -1.46. The molecule has 6 heteroatoms. The number of hydrogen-bond donors (Lipinski definition) is 1. The third-order valence-electron chi connectivity index (χ3n) is 2.87. The van der Waals surface area contributed by atoms with Crippen molar-refractivity contribution in [2.24, 2.45) is 0 Å². The summed E-state index contributed by atoms with van der Waals surface area (Å²) in [5, 5.41) is 3.37. The quantitative estimate of drug-likeness (QED) is 0.941. The van der Waals surface area contributed by atoms with Crippen LogP contribution in [0.25, 0.3) is 0 Å². The first-order valence-corrected chi connectivity index (χ1v) is 7.16. The molecule has 1 aromatic heterocycles. The normalized spacial score (nSPS) is 13.4. The van der Waals surface area contributed by atoms with E-state index in [1.54, 1.807) is 6.20 Å². The van der Waals surface area contributed by atoms with Crippen molar-refractivity contribution in [3.63, 3.8) is 0 Å². The molecule has 0 fully saturated rings. The number of rotatable bonds is 3. The Kier molecular flexibility index (Phi) is 3.48. The Morgan fingerprint density at radius 1 is 1.32 bits per heavy atom. The summed E-state index contributed by atoms with van der Waals surface area (Å²) >= 11 is 7.29. The number of aryl methyl sites for hydroxylation is 1. The van der Waals surface area contributed by atoms with Gasteiger partial charge in [-0.05, 0) is 18.6 Å². The number of anilines is 1. The standard InChI is InChI=1S/C13H13ClN2O2S/c1-8-4-11-12(18-3-2-17-11)5-10(8)15-6-9-7-16-13(14)19-9/h4-5,7,15H,2-3,6H2,1H3. The summed E-state index contributed by atoms with van der Waals surface area (Å²) in [4.78, 5) is 5.12. The summed E-state index contributed by atoms with van der Waals surface area (Å²) in [6.45, 7) is 3.95. The lowest BCUT2D eigenvalue weighted by atomic mass is 10.1. The number of benzene rings is 1. The van der Waals surface area contributed by atoms with Crippen molar-refractivity contribution in [2.45, 2.75) is 13.5 Å². The fourth-order valence-electron chi connectivity index (χ4n) is 1.93. The number of thiazole rings is 1. The lowest BCUT2D eigenvalue weighted by Crippen LogP contribution is -2.15. The number of ether oxygens (including phenoxy) is 2. The van der Waals surface area contributed by atoms with E-state index in [-0.39, 0.29) is 0 Å². The van der Waals surface area contributed by atoms with Crippen LogP contribution in [0.3, 0.4) is 0 Å². The fourth-order valence-corrected chi connectivity index (χ4v) is 2.85. The van der Waals surface area contributed by atoms with Crippen molar-refractivity contribution in [3.05, 3.63) is 33.2 Å². The average molecular weight is 297 g/mol. The maximum atomic E-state index is 5.81. The van der Waals surface area contributed by atoms with Crippen LogP contribution >= 0.6 is 22.9 Å². The topological polar surface area (TPSA) is 43.4 Å². The van der Waals surface area contributed by atoms with E-state index >= 15 is 0 Å². The van der Waals surface area contributed by atoms with Gasteiger partial charge in [0.2, 0.25) is 0 Å². The van der Waals surface area contributed by atoms with Gasteiger partial charge in [-0.15, -0.1) is 11.3 Å². The Morgan fingerprint density at radius 3 is 2.74 bits per heavy atom. The highest BCUT2D eigenvalue weighted by Gasteiger charge is 2.14. The predicted octanol–water partition coefficient (Wildman–Crippen LogP) is 3.49. The molecular weight excluding hydrogens is 284 g/mol. The Bertz CT molecular complexity index is 600. The number of fused-ring (bicyclic) bond motifs is 1. The van der Waals surface area contributed by atoms with Crippen LogP contribution in [0.2, 0.25) is 4.47 Å². The van der Waals surface area contributed by atoms with Gasteiger partial charge < -0.3 is 14.8 Å². The molecule has 0 amide bonds. The van der Waals surface area contributed by atoms with E-state index in [0.29, 0.717) is 24.2 Å². The molecule has 0 spiro atoms. The van der Waals surface area contributed by atoms with Crippen LogP contribution in [0.5, 0.6) is 11.5 Å². The summed E-state index contributed by atoms with van der Waals surface area (Å²) in [6.07, 6.45) is 1.79. The predicted molar refractivity (Wildman–Crippen MR) is 76.6 cm³/mol. The van der Waals surface area contributed by atoms with Gasteiger partial charge in [-0.2, -0.15) is 0 Å². The Labute approximate surface area is 120 Å². The van der Waals surface area contributed by atoms with E-state index in [0.717, 1.165) is 27.6 Å². The third kappa shape index (κ3) is 2.77. The van der Waals surface area contributed by atoms with Crippen molar-refractivity contribution in [3.8, 4) is 11.5 Å². The molecule has 1 aliphatic rings. The van der Waals surface area contributed by atoms with E-state index in [1.165, 1.54) is 11.3 Å². The SMILES string of the molecule is Cc1cc2c(cc1NCc1cnc(Cl)s1)OCCO2. The summed E-state index contributed by atoms with van der Waals surface area (Å²) in [7, 11) is 0. The molecule has 0 saturated heterocycles. The molecule has 1 aliphatic heterocycles. The second-order valence-corrected chi connectivity index (χ2v) is 5.94. The third-order valence-corrected chi connectivity index (χ3v) is 3.98. The van der Waals surface area contributed by atoms with Crippen molar-refractivity contribution in [1.82, 2.24) is 4.98 Å². The van der Waals surface area contributed by atoms with Crippen LogP contribution in [0.1, 0.15) is 10.4 Å². The zero-order valence-corrected chi connectivity index (χ0v) is 12.0. The Morgan fingerprint density at radius 2 is 2.05 bits per heavy atom. The monoisotopic (exact) mass is 296 g/mol. The van der Waals surface area contributed by atoms with Gasteiger partial charge in [0.15, 0.2) is 16.0 Å². The van der Waals surface area contributed by atoms with Gasteiger partial charge in [0.05, 0.1) is 6.54 Å². The zero-order valence-electron chi connectivity index (χ0n) is 10.4. The lowest BCUT2D eigenvalue weighted by molar-refractivity contribution is 0.171. The van der Waals surface area contributed by atoms with E-state index in [2.05, 4.69) is 10.3 Å². The first-order valence-electron chi connectivity index (χ1n) is 5.97. The molecule has 0 saturated carbocycles. The number of aromatic nitrogens is 1. The molecule has 1 N–H and O–H groups in total. The molecule has 0 bridgehead atoms. The fraction of sp³-hybridized carbons (Fsp3) is 0.308. The summed E-state index contributed by atoms with van der Waals surface area (Å²) in [5.41, 5.74) is 2.16. The zero-order chi connectivity index (χ0) is 13.2. The molecule has 19 heavy (non-hydrogen) atoms. The van der Waals surface area contributed by atoms with Crippen LogP contribution in [-0.4, -0.2) is 18.2 Å². The highest BCUT2D eigenvalue weighted by Crippen LogP contribution is 2.35. The first kappa shape index (κ1) is 12.6. The molecule has 0 aliphatic carbocycles. The van der Waals surface area contributed by atoms with Gasteiger partial charge >= 0.3 is 0 Å². The molecule has 1 aromatic carbocycles. The Balaban J connectivity index is 1.77. The number of hydrogen-bond acceptors (Lipinski definition) is 5. The van der Waals surface area contributed by atoms with Crippen LogP contribution in [0, 0.1) is 6.92 Å². The molecular formula is C13H13ClN2O2S. The highest BCUT2D eigenvalue weighted by atomic mass is 35.5. The number of halogens is 1. The van der Waals surface area contributed by atoms with E-state index in [1.807, 2.05) is 19.1 Å². The number of nitrogens with one attached hydrogen (secondary N) is 1. The molecule has 2 heterocycles. The van der Waals surface area contributed by atoms with Crippen molar-refractivity contribution >= 4 is 28.6 Å². The minimum Gasteiger partial charge on any atom is -0.486 e. The second-order valence-electron chi connectivity index (χ2n) is 4.24. The molecule has 0 atom stereocenters. The lowest BCUT2D eigenvalue weighted by Gasteiger charge is -2.20. The van der Waals surface area contributed by atoms with Gasteiger partial charge in [-0.25, -0.2) is 4.98 Å². The van der Waals surface area contributed by atoms with Crippen LogP contribution < -0.4 is 14.8 Å². The largest absolute Gasteiger partial charge is 0.486 e. The van der Waals surface area contributed by atoms with Crippen LogP contribution in [-0.2, 0) is 6.54 Å². The smallest absolute Gasteiger partial charge is 0.183 e. The molecule has 3 rings (SSSR count).